The highest BCUT2D eigenvalue weighted by atomic mass is 79.9. The van der Waals surface area contributed by atoms with Gasteiger partial charge in [-0.2, -0.15) is 13.2 Å². The molecule has 1 rings (SSSR count). The molecule has 0 aromatic heterocycles. The molecule has 8 heteroatoms. The Morgan fingerprint density at radius 1 is 1.43 bits per heavy atom. The van der Waals surface area contributed by atoms with Crippen molar-refractivity contribution >= 4 is 44.7 Å². The average Bonchev–Trinajstić information content (AvgIpc) is 2.38. The van der Waals surface area contributed by atoms with Gasteiger partial charge in [0, 0.05) is 4.47 Å². The highest BCUT2D eigenvalue weighted by Crippen LogP contribution is 2.35. The van der Waals surface area contributed by atoms with Crippen LogP contribution in [0.4, 0.5) is 18.9 Å². The first-order valence-corrected chi connectivity index (χ1v) is 7.20. The van der Waals surface area contributed by atoms with Gasteiger partial charge in [0.25, 0.3) is 0 Å². The zero-order chi connectivity index (χ0) is 16.4. The van der Waals surface area contributed by atoms with Crippen LogP contribution in [0.15, 0.2) is 22.7 Å². The van der Waals surface area contributed by atoms with E-state index in [9.17, 15) is 18.0 Å². The van der Waals surface area contributed by atoms with E-state index < -0.39 is 23.1 Å². The molecule has 0 heterocycles. The van der Waals surface area contributed by atoms with Crippen LogP contribution < -0.4 is 11.1 Å². The van der Waals surface area contributed by atoms with Crippen molar-refractivity contribution in [2.75, 3.05) is 5.32 Å². The molecule has 1 aromatic rings. The van der Waals surface area contributed by atoms with E-state index >= 15 is 0 Å². The van der Waals surface area contributed by atoms with Gasteiger partial charge in [-0.25, -0.2) is 0 Å². The second-order valence-corrected chi connectivity index (χ2v) is 5.99. The molecule has 0 saturated carbocycles. The van der Waals surface area contributed by atoms with Crippen molar-refractivity contribution in [3.63, 3.8) is 0 Å². The Morgan fingerprint density at radius 3 is 2.43 bits per heavy atom. The van der Waals surface area contributed by atoms with Gasteiger partial charge in [-0.3, -0.25) is 4.79 Å². The van der Waals surface area contributed by atoms with Gasteiger partial charge >= 0.3 is 6.18 Å². The minimum atomic E-state index is -4.49. The van der Waals surface area contributed by atoms with Crippen molar-refractivity contribution in [2.45, 2.75) is 26.4 Å². The average molecular weight is 383 g/mol. The Balaban J connectivity index is 3.13. The molecule has 0 bridgehead atoms. The largest absolute Gasteiger partial charge is 0.416 e. The summed E-state index contributed by atoms with van der Waals surface area (Å²) >= 11 is 7.97. The van der Waals surface area contributed by atoms with E-state index in [1.54, 1.807) is 13.8 Å². The molecule has 0 saturated heterocycles. The van der Waals surface area contributed by atoms with E-state index in [4.69, 9.17) is 18.0 Å². The van der Waals surface area contributed by atoms with E-state index in [0.717, 1.165) is 12.1 Å². The second-order valence-electron chi connectivity index (χ2n) is 4.70. The predicted molar refractivity (Wildman–Crippen MR) is 83.0 cm³/mol. The number of hydrogen-bond acceptors (Lipinski definition) is 2. The SMILES string of the molecule is CCC(C)(C(=O)Nc1cc(C(F)(F)F)ccc1Br)C(N)=S. The summed E-state index contributed by atoms with van der Waals surface area (Å²) in [6.45, 7) is 3.27. The van der Waals surface area contributed by atoms with Crippen LogP contribution in [0.25, 0.3) is 0 Å². The molecule has 0 aliphatic rings. The number of nitrogens with one attached hydrogen (secondary N) is 1. The lowest BCUT2D eigenvalue weighted by Crippen LogP contribution is -2.43. The lowest BCUT2D eigenvalue weighted by molar-refractivity contribution is -0.137. The number of rotatable bonds is 4. The van der Waals surface area contributed by atoms with Gasteiger partial charge in [-0.15, -0.1) is 0 Å². The van der Waals surface area contributed by atoms with Gasteiger partial charge in [0.15, 0.2) is 0 Å². The first-order valence-electron chi connectivity index (χ1n) is 6.00. The summed E-state index contributed by atoms with van der Waals surface area (Å²) in [5, 5.41) is 2.44. The number of carbonyl (C=O) groups excluding carboxylic acids is 1. The Morgan fingerprint density at radius 2 is 2.00 bits per heavy atom. The van der Waals surface area contributed by atoms with Crippen molar-refractivity contribution in [3.05, 3.63) is 28.2 Å². The van der Waals surface area contributed by atoms with Crippen LogP contribution >= 0.6 is 28.1 Å². The van der Waals surface area contributed by atoms with Gasteiger partial charge in [0.1, 0.15) is 0 Å². The molecule has 21 heavy (non-hydrogen) atoms. The summed E-state index contributed by atoms with van der Waals surface area (Å²) in [6.07, 6.45) is -4.15. The van der Waals surface area contributed by atoms with Gasteiger partial charge in [-0.1, -0.05) is 19.1 Å². The maximum absolute atomic E-state index is 12.7. The van der Waals surface area contributed by atoms with Crippen LogP contribution in [0.2, 0.25) is 0 Å². The normalized spacial score (nSPS) is 14.4. The number of carbonyl (C=O) groups is 1. The molecule has 0 radical (unpaired) electrons. The summed E-state index contributed by atoms with van der Waals surface area (Å²) in [5.74, 6) is -0.544. The van der Waals surface area contributed by atoms with Crippen LogP contribution in [-0.2, 0) is 11.0 Å². The molecular formula is C13H14BrF3N2OS. The number of hydrogen-bond donors (Lipinski definition) is 2. The molecule has 116 valence electrons. The molecule has 1 atom stereocenters. The van der Waals surface area contributed by atoms with E-state index in [1.165, 1.54) is 6.07 Å². The quantitative estimate of drug-likeness (QED) is 0.770. The van der Waals surface area contributed by atoms with Crippen molar-refractivity contribution in [1.29, 1.82) is 0 Å². The lowest BCUT2D eigenvalue weighted by atomic mass is 9.86. The molecule has 0 spiro atoms. The van der Waals surface area contributed by atoms with Crippen LogP contribution in [-0.4, -0.2) is 10.9 Å². The van der Waals surface area contributed by atoms with Crippen LogP contribution in [0.5, 0.6) is 0 Å². The van der Waals surface area contributed by atoms with Crippen LogP contribution in [0.1, 0.15) is 25.8 Å². The molecule has 1 unspecified atom stereocenters. The molecule has 0 aliphatic carbocycles. The minimum Gasteiger partial charge on any atom is -0.392 e. The highest BCUT2D eigenvalue weighted by molar-refractivity contribution is 9.10. The summed E-state index contributed by atoms with van der Waals surface area (Å²) in [5.41, 5.74) is 3.60. The van der Waals surface area contributed by atoms with E-state index in [1.807, 2.05) is 0 Å². The third-order valence-electron chi connectivity index (χ3n) is 3.29. The van der Waals surface area contributed by atoms with Crippen LogP contribution in [0.3, 0.4) is 0 Å². The van der Waals surface area contributed by atoms with E-state index in [0.29, 0.717) is 10.9 Å². The highest BCUT2D eigenvalue weighted by Gasteiger charge is 2.36. The first kappa shape index (κ1) is 17.9. The number of thiocarbonyl (C=S) groups is 1. The third kappa shape index (κ3) is 3.94. The number of benzene rings is 1. The first-order chi connectivity index (χ1) is 9.52. The summed E-state index contributed by atoms with van der Waals surface area (Å²) in [4.78, 5) is 12.2. The summed E-state index contributed by atoms with van der Waals surface area (Å²) in [7, 11) is 0. The Hall–Kier alpha value is -1.15. The molecular weight excluding hydrogens is 369 g/mol. The van der Waals surface area contributed by atoms with Gasteiger partial charge in [0.2, 0.25) is 5.91 Å². The fraction of sp³-hybridized carbons (Fsp3) is 0.385. The van der Waals surface area contributed by atoms with Gasteiger partial charge < -0.3 is 11.1 Å². The monoisotopic (exact) mass is 382 g/mol. The number of alkyl halides is 3. The maximum atomic E-state index is 12.7. The van der Waals surface area contributed by atoms with Gasteiger partial charge in [-0.05, 0) is 47.5 Å². The number of anilines is 1. The standard InChI is InChI=1S/C13H14BrF3N2OS/c1-3-12(2,10(18)21)11(20)19-9-6-7(13(15,16)17)4-5-8(9)14/h4-6H,3H2,1-2H3,(H2,18,21)(H,19,20). The Bertz CT molecular complexity index is 577. The predicted octanol–water partition coefficient (Wildman–Crippen LogP) is 4.11. The van der Waals surface area contributed by atoms with Crippen molar-refractivity contribution in [3.8, 4) is 0 Å². The molecule has 1 aromatic carbocycles. The van der Waals surface area contributed by atoms with Gasteiger partial charge in [0.05, 0.1) is 21.7 Å². The topological polar surface area (TPSA) is 55.1 Å². The van der Waals surface area contributed by atoms with E-state index in [-0.39, 0.29) is 10.7 Å². The Kier molecular flexibility index (Phi) is 5.38. The van der Waals surface area contributed by atoms with Crippen molar-refractivity contribution in [2.24, 2.45) is 11.1 Å². The molecule has 0 fully saturated rings. The Labute approximate surface area is 134 Å². The molecule has 0 aliphatic heterocycles. The zero-order valence-electron chi connectivity index (χ0n) is 11.3. The van der Waals surface area contributed by atoms with E-state index in [2.05, 4.69) is 21.2 Å². The van der Waals surface area contributed by atoms with Crippen LogP contribution in [0, 0.1) is 5.41 Å². The molecule has 1 amide bonds. The summed E-state index contributed by atoms with van der Waals surface area (Å²) in [6, 6.07) is 3.01. The smallest absolute Gasteiger partial charge is 0.392 e. The maximum Gasteiger partial charge on any atom is 0.416 e. The number of halogens is 4. The minimum absolute atomic E-state index is 0.00871. The fourth-order valence-corrected chi connectivity index (χ4v) is 2.09. The molecule has 3 nitrogen and oxygen atoms in total. The summed E-state index contributed by atoms with van der Waals surface area (Å²) < 4.78 is 38.4. The molecule has 3 N–H and O–H groups in total. The zero-order valence-corrected chi connectivity index (χ0v) is 13.7. The number of nitrogens with two attached hydrogens (primary N) is 1. The lowest BCUT2D eigenvalue weighted by Gasteiger charge is -2.26. The van der Waals surface area contributed by atoms with Crippen molar-refractivity contribution in [1.82, 2.24) is 0 Å². The van der Waals surface area contributed by atoms with Crippen molar-refractivity contribution < 1.29 is 18.0 Å². The second kappa shape index (κ2) is 6.31. The third-order valence-corrected chi connectivity index (χ3v) is 4.44. The number of amides is 1. The fourth-order valence-electron chi connectivity index (χ4n) is 1.50.